The van der Waals surface area contributed by atoms with Gasteiger partial charge in [0, 0.05) is 17.0 Å². The zero-order valence-corrected chi connectivity index (χ0v) is 14.1. The average Bonchev–Trinajstić information content (AvgIpc) is 3.29. The average molecular weight is 332 g/mol. The van der Waals surface area contributed by atoms with Crippen LogP contribution in [0.15, 0.2) is 97.2 Å². The number of para-hydroxylation sites is 2. The molecule has 0 aliphatic heterocycles. The topological polar surface area (TPSA) is 9.34 Å². The zero-order valence-electron chi connectivity index (χ0n) is 14.1. The Kier molecular flexibility index (Phi) is 2.64. The Morgan fingerprint density at radius 2 is 1.19 bits per heavy atom. The molecule has 0 aliphatic rings. The van der Waals surface area contributed by atoms with E-state index in [4.69, 9.17) is 0 Å². The summed E-state index contributed by atoms with van der Waals surface area (Å²) < 4.78 is 4.67. The first-order chi connectivity index (χ1) is 12.9. The third kappa shape index (κ3) is 1.76. The number of aromatic nitrogens is 2. The summed E-state index contributed by atoms with van der Waals surface area (Å²) in [6, 6.07) is 32.6. The Balaban J connectivity index is 1.87. The Bertz CT molecular complexity index is 1430. The van der Waals surface area contributed by atoms with Crippen LogP contribution < -0.4 is 0 Å². The van der Waals surface area contributed by atoms with Crippen LogP contribution in [0, 0.1) is 0 Å². The number of hydrogen-bond donors (Lipinski definition) is 0. The van der Waals surface area contributed by atoms with E-state index < -0.39 is 0 Å². The third-order valence-corrected chi connectivity index (χ3v) is 5.31. The van der Waals surface area contributed by atoms with Gasteiger partial charge in [0.25, 0.3) is 0 Å². The Morgan fingerprint density at radius 1 is 0.500 bits per heavy atom. The van der Waals surface area contributed by atoms with E-state index in [9.17, 15) is 0 Å². The van der Waals surface area contributed by atoms with Gasteiger partial charge in [-0.25, -0.2) is 0 Å². The first-order valence-corrected chi connectivity index (χ1v) is 8.88. The summed E-state index contributed by atoms with van der Waals surface area (Å²) >= 11 is 0. The SMILES string of the molecule is c1ccc2c(c1)cc(-n1ccc3ccccc31)n1c3ccccc3cc21. The number of fused-ring (bicyclic) bond motifs is 6. The summed E-state index contributed by atoms with van der Waals surface area (Å²) in [6.07, 6.45) is 2.17. The number of pyridine rings is 1. The smallest absolute Gasteiger partial charge is 0.122 e. The van der Waals surface area contributed by atoms with Gasteiger partial charge in [-0.3, -0.25) is 4.40 Å². The molecule has 26 heavy (non-hydrogen) atoms. The van der Waals surface area contributed by atoms with Gasteiger partial charge in [-0.05, 0) is 41.1 Å². The van der Waals surface area contributed by atoms with Crippen molar-refractivity contribution in [1.82, 2.24) is 8.97 Å². The third-order valence-electron chi connectivity index (χ3n) is 5.31. The minimum atomic E-state index is 1.17. The zero-order chi connectivity index (χ0) is 17.1. The molecule has 0 saturated heterocycles. The van der Waals surface area contributed by atoms with Gasteiger partial charge >= 0.3 is 0 Å². The molecular weight excluding hydrogens is 316 g/mol. The van der Waals surface area contributed by atoms with Crippen molar-refractivity contribution >= 4 is 38.1 Å². The van der Waals surface area contributed by atoms with Gasteiger partial charge in [-0.15, -0.1) is 0 Å². The van der Waals surface area contributed by atoms with Crippen LogP contribution in [-0.2, 0) is 0 Å². The van der Waals surface area contributed by atoms with E-state index in [0.717, 1.165) is 0 Å². The Hall–Kier alpha value is -3.52. The van der Waals surface area contributed by atoms with Gasteiger partial charge in [0.05, 0.1) is 16.6 Å². The predicted molar refractivity (Wildman–Crippen MR) is 109 cm³/mol. The van der Waals surface area contributed by atoms with Crippen LogP contribution in [0.1, 0.15) is 0 Å². The Labute approximate surface area is 150 Å². The highest BCUT2D eigenvalue weighted by molar-refractivity contribution is 6.04. The molecule has 0 atom stereocenters. The normalized spacial score (nSPS) is 11.8. The second-order valence-corrected chi connectivity index (χ2v) is 6.76. The monoisotopic (exact) mass is 332 g/mol. The lowest BCUT2D eigenvalue weighted by Gasteiger charge is -2.13. The summed E-state index contributed by atoms with van der Waals surface area (Å²) in [5.41, 5.74) is 3.71. The van der Waals surface area contributed by atoms with Gasteiger partial charge in [-0.2, -0.15) is 0 Å². The maximum atomic E-state index is 2.38. The maximum Gasteiger partial charge on any atom is 0.122 e. The number of hydrogen-bond acceptors (Lipinski definition) is 0. The van der Waals surface area contributed by atoms with E-state index >= 15 is 0 Å². The molecule has 6 aromatic rings. The van der Waals surface area contributed by atoms with Crippen molar-refractivity contribution in [2.24, 2.45) is 0 Å². The second-order valence-electron chi connectivity index (χ2n) is 6.76. The molecule has 6 rings (SSSR count). The van der Waals surface area contributed by atoms with Crippen LogP contribution in [0.4, 0.5) is 0 Å². The maximum absolute atomic E-state index is 2.38. The fourth-order valence-corrected chi connectivity index (χ4v) is 4.12. The van der Waals surface area contributed by atoms with Crippen molar-refractivity contribution in [1.29, 1.82) is 0 Å². The van der Waals surface area contributed by atoms with Crippen LogP contribution >= 0.6 is 0 Å². The van der Waals surface area contributed by atoms with Crippen LogP contribution in [0.2, 0.25) is 0 Å². The lowest BCUT2D eigenvalue weighted by atomic mass is 10.1. The largest absolute Gasteiger partial charge is 0.302 e. The molecule has 0 amide bonds. The molecule has 2 nitrogen and oxygen atoms in total. The molecule has 0 saturated carbocycles. The van der Waals surface area contributed by atoms with Crippen LogP contribution in [0.5, 0.6) is 0 Å². The summed E-state index contributed by atoms with van der Waals surface area (Å²) in [4.78, 5) is 0. The molecule has 2 heteroatoms. The molecule has 3 aromatic carbocycles. The summed E-state index contributed by atoms with van der Waals surface area (Å²) in [7, 11) is 0. The van der Waals surface area contributed by atoms with E-state index in [0.29, 0.717) is 0 Å². The van der Waals surface area contributed by atoms with E-state index in [1.54, 1.807) is 0 Å². The molecule has 0 unspecified atom stereocenters. The molecule has 0 aliphatic carbocycles. The molecule has 122 valence electrons. The van der Waals surface area contributed by atoms with Gasteiger partial charge in [0.2, 0.25) is 0 Å². The fraction of sp³-hybridized carbons (Fsp3) is 0. The van der Waals surface area contributed by atoms with Crippen molar-refractivity contribution in [3.63, 3.8) is 0 Å². The van der Waals surface area contributed by atoms with E-state index in [1.807, 2.05) is 0 Å². The van der Waals surface area contributed by atoms with E-state index in [-0.39, 0.29) is 0 Å². The molecule has 3 heterocycles. The molecular formula is C24H16N2. The van der Waals surface area contributed by atoms with Gasteiger partial charge in [0.1, 0.15) is 5.82 Å². The molecule has 0 bridgehead atoms. The molecule has 0 spiro atoms. The predicted octanol–water partition coefficient (Wildman–Crippen LogP) is 6.19. The summed E-state index contributed by atoms with van der Waals surface area (Å²) in [6.45, 7) is 0. The van der Waals surface area contributed by atoms with Gasteiger partial charge in [0.15, 0.2) is 0 Å². The highest BCUT2D eigenvalue weighted by atomic mass is 15.1. The second kappa shape index (κ2) is 4.99. The molecule has 3 aromatic heterocycles. The molecule has 0 fully saturated rings. The van der Waals surface area contributed by atoms with E-state index in [1.165, 1.54) is 43.9 Å². The molecule has 0 radical (unpaired) electrons. The van der Waals surface area contributed by atoms with Crippen molar-refractivity contribution in [2.45, 2.75) is 0 Å². The summed E-state index contributed by atoms with van der Waals surface area (Å²) in [5, 5.41) is 5.06. The minimum Gasteiger partial charge on any atom is -0.302 e. The first-order valence-electron chi connectivity index (χ1n) is 8.88. The number of nitrogens with zero attached hydrogens (tertiary/aromatic N) is 2. The van der Waals surface area contributed by atoms with Crippen LogP contribution in [0.25, 0.3) is 43.9 Å². The Morgan fingerprint density at radius 3 is 2.08 bits per heavy atom. The summed E-state index contributed by atoms with van der Waals surface area (Å²) in [5.74, 6) is 1.17. The fourth-order valence-electron chi connectivity index (χ4n) is 4.12. The van der Waals surface area contributed by atoms with Crippen molar-refractivity contribution < 1.29 is 0 Å². The quantitative estimate of drug-likeness (QED) is 0.340. The highest BCUT2D eigenvalue weighted by Gasteiger charge is 2.13. The van der Waals surface area contributed by atoms with E-state index in [2.05, 4.69) is 106 Å². The van der Waals surface area contributed by atoms with Gasteiger partial charge < -0.3 is 4.57 Å². The lowest BCUT2D eigenvalue weighted by molar-refractivity contribution is 1.02. The van der Waals surface area contributed by atoms with Crippen molar-refractivity contribution in [2.75, 3.05) is 0 Å². The number of benzene rings is 3. The minimum absolute atomic E-state index is 1.17. The van der Waals surface area contributed by atoms with Crippen LogP contribution in [0.3, 0.4) is 0 Å². The van der Waals surface area contributed by atoms with Crippen molar-refractivity contribution in [3.8, 4) is 5.82 Å². The first kappa shape index (κ1) is 13.7. The highest BCUT2D eigenvalue weighted by Crippen LogP contribution is 2.32. The lowest BCUT2D eigenvalue weighted by Crippen LogP contribution is -2.01. The molecule has 0 N–H and O–H groups in total. The van der Waals surface area contributed by atoms with Crippen molar-refractivity contribution in [3.05, 3.63) is 97.2 Å². The van der Waals surface area contributed by atoms with Crippen LogP contribution in [-0.4, -0.2) is 8.97 Å². The van der Waals surface area contributed by atoms with Gasteiger partial charge in [-0.1, -0.05) is 60.7 Å². The number of rotatable bonds is 1. The standard InChI is InChI=1S/C24H16N2/c1-4-10-20-18(8-1)16-24(25-14-13-17-7-2-5-11-21(17)25)26-22-12-6-3-9-19(22)15-23(20)26/h1-16H.